The van der Waals surface area contributed by atoms with Crippen LogP contribution in [0.3, 0.4) is 0 Å². The van der Waals surface area contributed by atoms with E-state index in [1.807, 2.05) is 24.3 Å². The van der Waals surface area contributed by atoms with Crippen molar-refractivity contribution in [3.63, 3.8) is 0 Å². The second-order valence-corrected chi connectivity index (χ2v) is 3.83. The van der Waals surface area contributed by atoms with Crippen LogP contribution in [0.1, 0.15) is 20.7 Å². The van der Waals surface area contributed by atoms with Crippen LogP contribution in [0, 0.1) is 0 Å². The first-order valence-corrected chi connectivity index (χ1v) is 5.18. The van der Waals surface area contributed by atoms with Gasteiger partial charge in [-0.1, -0.05) is 24.3 Å². The molecular formula is C13H9NO3. The average Bonchev–Trinajstić information content (AvgIpc) is 2.59. The molecule has 0 bridgehead atoms. The van der Waals surface area contributed by atoms with E-state index in [2.05, 4.69) is 0 Å². The van der Waals surface area contributed by atoms with Crippen molar-refractivity contribution in [1.82, 2.24) is 5.06 Å². The van der Waals surface area contributed by atoms with E-state index >= 15 is 0 Å². The standard InChI is InChI=1S/C13H9NO3/c1-17-14-12(15)10-6-8-4-2-3-5-9(8)7-11(10)13(14)16/h2-7H,1H3. The molecular weight excluding hydrogens is 218 g/mol. The Labute approximate surface area is 97.4 Å². The van der Waals surface area contributed by atoms with Crippen molar-refractivity contribution < 1.29 is 14.4 Å². The summed E-state index contributed by atoms with van der Waals surface area (Å²) in [5.41, 5.74) is 0.797. The molecule has 0 saturated carbocycles. The molecule has 0 fully saturated rings. The van der Waals surface area contributed by atoms with Crippen molar-refractivity contribution in [3.8, 4) is 0 Å². The molecule has 0 N–H and O–H groups in total. The van der Waals surface area contributed by atoms with Gasteiger partial charge in [0.2, 0.25) is 0 Å². The van der Waals surface area contributed by atoms with E-state index in [4.69, 9.17) is 4.84 Å². The lowest BCUT2D eigenvalue weighted by Gasteiger charge is -2.07. The second kappa shape index (κ2) is 3.40. The van der Waals surface area contributed by atoms with E-state index in [0.717, 1.165) is 15.8 Å². The number of fused-ring (bicyclic) bond motifs is 2. The molecule has 0 aliphatic carbocycles. The third kappa shape index (κ3) is 1.28. The summed E-state index contributed by atoms with van der Waals surface area (Å²) in [4.78, 5) is 28.5. The normalized spacial score (nSPS) is 14.5. The molecule has 0 radical (unpaired) electrons. The monoisotopic (exact) mass is 227 g/mol. The number of hydrogen-bond donors (Lipinski definition) is 0. The van der Waals surface area contributed by atoms with Gasteiger partial charge in [0.25, 0.3) is 11.8 Å². The van der Waals surface area contributed by atoms with Crippen LogP contribution in [0.25, 0.3) is 10.8 Å². The van der Waals surface area contributed by atoms with E-state index < -0.39 is 11.8 Å². The zero-order valence-electron chi connectivity index (χ0n) is 9.14. The number of benzene rings is 2. The SMILES string of the molecule is CON1C(=O)c2cc3ccccc3cc2C1=O. The third-order valence-electron chi connectivity index (χ3n) is 2.90. The highest BCUT2D eigenvalue weighted by atomic mass is 16.7. The van der Waals surface area contributed by atoms with E-state index in [1.54, 1.807) is 12.1 Å². The summed E-state index contributed by atoms with van der Waals surface area (Å²) in [5, 5.41) is 2.65. The Hall–Kier alpha value is -2.20. The molecule has 1 heterocycles. The Balaban J connectivity index is 2.30. The first-order chi connectivity index (χ1) is 8.22. The van der Waals surface area contributed by atoms with E-state index in [0.29, 0.717) is 11.1 Å². The van der Waals surface area contributed by atoms with Gasteiger partial charge in [0.05, 0.1) is 18.2 Å². The van der Waals surface area contributed by atoms with Crippen molar-refractivity contribution in [2.24, 2.45) is 0 Å². The molecule has 0 unspecified atom stereocenters. The molecule has 0 saturated heterocycles. The molecule has 17 heavy (non-hydrogen) atoms. The number of imide groups is 1. The molecule has 1 aliphatic heterocycles. The quantitative estimate of drug-likeness (QED) is 0.700. The highest BCUT2D eigenvalue weighted by Crippen LogP contribution is 2.27. The van der Waals surface area contributed by atoms with Gasteiger partial charge in [-0.05, 0) is 22.9 Å². The predicted molar refractivity (Wildman–Crippen MR) is 61.5 cm³/mol. The summed E-state index contributed by atoms with van der Waals surface area (Å²) in [6.07, 6.45) is 0. The maximum Gasteiger partial charge on any atom is 0.285 e. The number of hydrogen-bond acceptors (Lipinski definition) is 3. The molecule has 1 aliphatic rings. The maximum atomic E-state index is 11.9. The Morgan fingerprint density at radius 1 is 0.941 bits per heavy atom. The largest absolute Gasteiger partial charge is 0.285 e. The Morgan fingerprint density at radius 2 is 1.41 bits per heavy atom. The number of amides is 2. The molecule has 0 atom stereocenters. The van der Waals surface area contributed by atoms with Crippen LogP contribution in [0.2, 0.25) is 0 Å². The smallest absolute Gasteiger partial charge is 0.266 e. The zero-order valence-corrected chi connectivity index (χ0v) is 9.14. The highest BCUT2D eigenvalue weighted by Gasteiger charge is 2.36. The predicted octanol–water partition coefficient (Wildman–Crippen LogP) is 2.00. The molecule has 3 rings (SSSR count). The number of nitrogens with zero attached hydrogens (tertiary/aromatic N) is 1. The lowest BCUT2D eigenvalue weighted by Crippen LogP contribution is -2.28. The highest BCUT2D eigenvalue weighted by molar-refractivity contribution is 6.22. The third-order valence-corrected chi connectivity index (χ3v) is 2.90. The number of carbonyl (C=O) groups is 2. The van der Waals surface area contributed by atoms with Crippen molar-refractivity contribution >= 4 is 22.6 Å². The Bertz CT molecular complexity index is 594. The molecule has 0 aromatic heterocycles. The summed E-state index contributed by atoms with van der Waals surface area (Å²) >= 11 is 0. The maximum absolute atomic E-state index is 11.9. The second-order valence-electron chi connectivity index (χ2n) is 3.83. The van der Waals surface area contributed by atoms with E-state index in [-0.39, 0.29) is 0 Å². The minimum atomic E-state index is -0.404. The summed E-state index contributed by atoms with van der Waals surface area (Å²) in [6, 6.07) is 11.0. The van der Waals surface area contributed by atoms with Gasteiger partial charge in [0.1, 0.15) is 0 Å². The van der Waals surface area contributed by atoms with Gasteiger partial charge in [-0.2, -0.15) is 0 Å². The Morgan fingerprint density at radius 3 is 1.82 bits per heavy atom. The van der Waals surface area contributed by atoms with Crippen LogP contribution >= 0.6 is 0 Å². The first kappa shape index (κ1) is 9.99. The lowest BCUT2D eigenvalue weighted by molar-refractivity contribution is -0.0645. The summed E-state index contributed by atoms with van der Waals surface area (Å²) in [7, 11) is 1.31. The minimum Gasteiger partial charge on any atom is -0.266 e. The van der Waals surface area contributed by atoms with E-state index in [1.165, 1.54) is 7.11 Å². The van der Waals surface area contributed by atoms with Crippen LogP contribution in [0.4, 0.5) is 0 Å². The van der Waals surface area contributed by atoms with Gasteiger partial charge in [-0.25, -0.2) is 0 Å². The average molecular weight is 227 g/mol. The number of carbonyl (C=O) groups excluding carboxylic acids is 2. The number of hydroxylamine groups is 2. The summed E-state index contributed by atoms with van der Waals surface area (Å²) in [5.74, 6) is -0.809. The first-order valence-electron chi connectivity index (χ1n) is 5.18. The van der Waals surface area contributed by atoms with Gasteiger partial charge in [-0.3, -0.25) is 14.4 Å². The lowest BCUT2D eigenvalue weighted by atomic mass is 10.0. The van der Waals surface area contributed by atoms with Gasteiger partial charge in [-0.15, -0.1) is 5.06 Å². The Kier molecular flexibility index (Phi) is 2.00. The minimum absolute atomic E-state index is 0.399. The molecule has 84 valence electrons. The fraction of sp³-hybridized carbons (Fsp3) is 0.0769. The molecule has 4 heteroatoms. The van der Waals surface area contributed by atoms with Crippen molar-refractivity contribution in [2.45, 2.75) is 0 Å². The van der Waals surface area contributed by atoms with Crippen LogP contribution in [-0.2, 0) is 4.84 Å². The molecule has 2 amide bonds. The molecule has 4 nitrogen and oxygen atoms in total. The van der Waals surface area contributed by atoms with Crippen LogP contribution in [0.5, 0.6) is 0 Å². The van der Waals surface area contributed by atoms with Crippen molar-refractivity contribution in [2.75, 3.05) is 7.11 Å². The van der Waals surface area contributed by atoms with Gasteiger partial charge >= 0.3 is 0 Å². The van der Waals surface area contributed by atoms with Crippen LogP contribution < -0.4 is 0 Å². The van der Waals surface area contributed by atoms with Gasteiger partial charge < -0.3 is 0 Å². The van der Waals surface area contributed by atoms with Gasteiger partial charge in [0, 0.05) is 0 Å². The fourth-order valence-electron chi connectivity index (χ4n) is 2.07. The number of rotatable bonds is 1. The zero-order chi connectivity index (χ0) is 12.0. The van der Waals surface area contributed by atoms with Crippen LogP contribution in [-0.4, -0.2) is 24.0 Å². The topological polar surface area (TPSA) is 46.6 Å². The molecule has 0 spiro atoms. The summed E-state index contributed by atoms with van der Waals surface area (Å²) in [6.45, 7) is 0. The van der Waals surface area contributed by atoms with E-state index in [9.17, 15) is 9.59 Å². The fourth-order valence-corrected chi connectivity index (χ4v) is 2.07. The van der Waals surface area contributed by atoms with Crippen molar-refractivity contribution in [3.05, 3.63) is 47.5 Å². The van der Waals surface area contributed by atoms with Crippen molar-refractivity contribution in [1.29, 1.82) is 0 Å². The van der Waals surface area contributed by atoms with Crippen LogP contribution in [0.15, 0.2) is 36.4 Å². The molecule has 2 aromatic carbocycles. The summed E-state index contributed by atoms with van der Waals surface area (Å²) < 4.78 is 0. The molecule has 2 aromatic rings. The van der Waals surface area contributed by atoms with Gasteiger partial charge in [0.15, 0.2) is 0 Å².